The maximum atomic E-state index is 11.3. The zero-order valence-corrected chi connectivity index (χ0v) is 13.7. The molecule has 0 heterocycles. The van der Waals surface area contributed by atoms with Gasteiger partial charge in [-0.1, -0.05) is 52.2 Å². The number of phosphoric ester groups is 1. The van der Waals surface area contributed by atoms with Crippen molar-refractivity contribution in [1.29, 1.82) is 0 Å². The third-order valence-electron chi connectivity index (χ3n) is 3.49. The number of phosphoric acid groups is 1. The topological polar surface area (TPSA) is 55.8 Å². The fraction of sp³-hybridized carbons (Fsp3) is 0.600. The van der Waals surface area contributed by atoms with E-state index < -0.39 is 7.82 Å². The lowest BCUT2D eigenvalue weighted by molar-refractivity contribution is 0.242. The minimum Gasteiger partial charge on any atom is -0.404 e. The van der Waals surface area contributed by atoms with Gasteiger partial charge in [0.1, 0.15) is 5.75 Å². The third kappa shape index (κ3) is 5.28. The molecule has 0 aliphatic carbocycles. The number of rotatable bonds is 8. The van der Waals surface area contributed by atoms with E-state index in [9.17, 15) is 9.46 Å². The normalized spacial score (nSPS) is 14.8. The number of hydrogen-bond acceptors (Lipinski definition) is 3. The van der Waals surface area contributed by atoms with E-state index in [2.05, 4.69) is 25.3 Å². The molecule has 20 heavy (non-hydrogen) atoms. The summed E-state index contributed by atoms with van der Waals surface area (Å²) in [6.07, 6.45) is 4.78. The summed E-state index contributed by atoms with van der Waals surface area (Å²) in [5.74, 6) is 0.339. The van der Waals surface area contributed by atoms with Gasteiger partial charge in [0.05, 0.1) is 0 Å². The van der Waals surface area contributed by atoms with E-state index in [1.54, 1.807) is 12.1 Å². The van der Waals surface area contributed by atoms with E-state index in [4.69, 9.17) is 4.52 Å². The Morgan fingerprint density at radius 3 is 2.30 bits per heavy atom. The first-order valence-electron chi connectivity index (χ1n) is 6.99. The number of hydrogen-bond donors (Lipinski definition) is 1. The van der Waals surface area contributed by atoms with E-state index in [-0.39, 0.29) is 5.41 Å². The highest BCUT2D eigenvalue weighted by Crippen LogP contribution is 2.43. The van der Waals surface area contributed by atoms with Crippen LogP contribution in [0.1, 0.15) is 52.0 Å². The van der Waals surface area contributed by atoms with Crippen LogP contribution >= 0.6 is 7.82 Å². The molecule has 4 nitrogen and oxygen atoms in total. The van der Waals surface area contributed by atoms with E-state index in [0.717, 1.165) is 13.5 Å². The second kappa shape index (κ2) is 7.26. The van der Waals surface area contributed by atoms with E-state index in [1.165, 1.54) is 24.8 Å². The average Bonchev–Trinajstić information content (AvgIpc) is 2.39. The van der Waals surface area contributed by atoms with Crippen LogP contribution in [0.2, 0.25) is 0 Å². The lowest BCUT2D eigenvalue weighted by atomic mass is 9.80. The standard InChI is InChI=1S/C15H25O4P/c1-5-6-7-12-15(2,3)13-8-10-14(11-9-13)19-20(16,17)18-4/h8-11H,5-7,12H2,1-4H3,(H,16,17). The van der Waals surface area contributed by atoms with Crippen LogP contribution in [0, 0.1) is 0 Å². The van der Waals surface area contributed by atoms with Crippen molar-refractivity contribution in [2.24, 2.45) is 0 Å². The van der Waals surface area contributed by atoms with Crippen molar-refractivity contribution in [1.82, 2.24) is 0 Å². The summed E-state index contributed by atoms with van der Waals surface area (Å²) in [5.41, 5.74) is 1.30. The Hall–Kier alpha value is -0.830. The molecule has 0 aliphatic rings. The molecule has 0 aromatic heterocycles. The zero-order chi connectivity index (χ0) is 15.2. The molecular formula is C15H25O4P. The van der Waals surface area contributed by atoms with Crippen molar-refractivity contribution in [2.75, 3.05) is 7.11 Å². The van der Waals surface area contributed by atoms with E-state index in [0.29, 0.717) is 5.75 Å². The van der Waals surface area contributed by atoms with Crippen LogP contribution in [0.25, 0.3) is 0 Å². The molecule has 0 aliphatic heterocycles. The van der Waals surface area contributed by atoms with E-state index in [1.807, 2.05) is 12.1 Å². The van der Waals surface area contributed by atoms with Crippen molar-refractivity contribution in [2.45, 2.75) is 51.9 Å². The maximum absolute atomic E-state index is 11.3. The van der Waals surface area contributed by atoms with Gasteiger partial charge in [-0.05, 0) is 29.5 Å². The maximum Gasteiger partial charge on any atom is 0.527 e. The zero-order valence-electron chi connectivity index (χ0n) is 12.8. The molecule has 1 atom stereocenters. The molecule has 1 aromatic carbocycles. The van der Waals surface area contributed by atoms with Gasteiger partial charge in [0.2, 0.25) is 0 Å². The van der Waals surface area contributed by atoms with Gasteiger partial charge in [0.25, 0.3) is 0 Å². The minimum absolute atomic E-state index is 0.0951. The molecule has 0 spiro atoms. The molecule has 0 saturated heterocycles. The summed E-state index contributed by atoms with van der Waals surface area (Å²) in [4.78, 5) is 9.26. The molecule has 0 bridgehead atoms. The van der Waals surface area contributed by atoms with Crippen molar-refractivity contribution in [3.63, 3.8) is 0 Å². The molecule has 114 valence electrons. The predicted molar refractivity (Wildman–Crippen MR) is 81.1 cm³/mol. The Balaban J connectivity index is 2.72. The quantitative estimate of drug-likeness (QED) is 0.560. The number of benzene rings is 1. The molecule has 0 fully saturated rings. The first kappa shape index (κ1) is 17.2. The van der Waals surface area contributed by atoms with Gasteiger partial charge >= 0.3 is 7.82 Å². The molecule has 5 heteroatoms. The average molecular weight is 300 g/mol. The second-order valence-electron chi connectivity index (χ2n) is 5.61. The SMILES string of the molecule is CCCCCC(C)(C)c1ccc(OP(=O)(O)OC)cc1. The Bertz CT molecular complexity index is 453. The molecule has 1 unspecified atom stereocenters. The monoisotopic (exact) mass is 300 g/mol. The van der Waals surface area contributed by atoms with Crippen molar-refractivity contribution in [3.8, 4) is 5.75 Å². The molecular weight excluding hydrogens is 275 g/mol. The first-order chi connectivity index (χ1) is 9.30. The Morgan fingerprint density at radius 2 is 1.80 bits per heavy atom. The van der Waals surface area contributed by atoms with Crippen LogP contribution in [0.4, 0.5) is 0 Å². The summed E-state index contributed by atoms with van der Waals surface area (Å²) < 4.78 is 20.6. The molecule has 1 aromatic rings. The Labute approximate surface area is 121 Å². The van der Waals surface area contributed by atoms with Crippen LogP contribution in [0.5, 0.6) is 5.75 Å². The lowest BCUT2D eigenvalue weighted by Gasteiger charge is -2.25. The highest BCUT2D eigenvalue weighted by atomic mass is 31.2. The van der Waals surface area contributed by atoms with Gasteiger partial charge in [-0.2, -0.15) is 0 Å². The molecule has 1 N–H and O–H groups in total. The lowest BCUT2D eigenvalue weighted by Crippen LogP contribution is -2.16. The molecule has 0 saturated carbocycles. The third-order valence-corrected chi connectivity index (χ3v) is 4.40. The largest absolute Gasteiger partial charge is 0.527 e. The molecule has 1 rings (SSSR count). The van der Waals surface area contributed by atoms with Gasteiger partial charge in [-0.3, -0.25) is 9.42 Å². The van der Waals surface area contributed by atoms with Crippen molar-refractivity contribution in [3.05, 3.63) is 29.8 Å². The summed E-state index contributed by atoms with van der Waals surface area (Å²) in [6, 6.07) is 7.30. The number of unbranched alkanes of at least 4 members (excludes halogenated alkanes) is 2. The molecule has 0 amide bonds. The Kier molecular flexibility index (Phi) is 6.25. The predicted octanol–water partition coefficient (Wildman–Crippen LogP) is 4.67. The fourth-order valence-electron chi connectivity index (χ4n) is 2.10. The van der Waals surface area contributed by atoms with Gasteiger partial charge < -0.3 is 4.52 Å². The van der Waals surface area contributed by atoms with Crippen LogP contribution in [-0.2, 0) is 14.5 Å². The van der Waals surface area contributed by atoms with E-state index >= 15 is 0 Å². The van der Waals surface area contributed by atoms with Crippen molar-refractivity contribution < 1.29 is 18.5 Å². The first-order valence-corrected chi connectivity index (χ1v) is 8.49. The van der Waals surface area contributed by atoms with Gasteiger partial charge in [-0.25, -0.2) is 4.57 Å². The summed E-state index contributed by atoms with van der Waals surface area (Å²) in [7, 11) is -2.83. The minimum atomic E-state index is -3.97. The van der Waals surface area contributed by atoms with Crippen LogP contribution in [0.15, 0.2) is 24.3 Å². The van der Waals surface area contributed by atoms with Gasteiger partial charge in [0.15, 0.2) is 0 Å². The highest BCUT2D eigenvalue weighted by Gasteiger charge is 2.22. The summed E-state index contributed by atoms with van der Waals surface area (Å²) in [5, 5.41) is 0. The van der Waals surface area contributed by atoms with Crippen LogP contribution in [-0.4, -0.2) is 12.0 Å². The Morgan fingerprint density at radius 1 is 1.20 bits per heavy atom. The smallest absolute Gasteiger partial charge is 0.404 e. The van der Waals surface area contributed by atoms with Crippen LogP contribution < -0.4 is 4.52 Å². The molecule has 0 radical (unpaired) electrons. The van der Waals surface area contributed by atoms with Crippen molar-refractivity contribution >= 4 is 7.82 Å². The van der Waals surface area contributed by atoms with Crippen LogP contribution in [0.3, 0.4) is 0 Å². The fourth-order valence-corrected chi connectivity index (χ4v) is 2.56. The van der Waals surface area contributed by atoms with Gasteiger partial charge in [0, 0.05) is 7.11 Å². The second-order valence-corrected chi connectivity index (χ2v) is 7.09. The summed E-state index contributed by atoms with van der Waals surface area (Å²) >= 11 is 0. The summed E-state index contributed by atoms with van der Waals surface area (Å²) in [6.45, 7) is 6.62. The van der Waals surface area contributed by atoms with Gasteiger partial charge in [-0.15, -0.1) is 0 Å². The highest BCUT2D eigenvalue weighted by molar-refractivity contribution is 7.47.